The van der Waals surface area contributed by atoms with Gasteiger partial charge in [0, 0.05) is 12.1 Å². The summed E-state index contributed by atoms with van der Waals surface area (Å²) in [4.78, 5) is 10.7. The van der Waals surface area contributed by atoms with Crippen molar-refractivity contribution in [2.24, 2.45) is 0 Å². The molecule has 0 saturated carbocycles. The second-order valence-corrected chi connectivity index (χ2v) is 2.36. The fourth-order valence-corrected chi connectivity index (χ4v) is 0.979. The summed E-state index contributed by atoms with van der Waals surface area (Å²) in [5, 5.41) is 0. The summed E-state index contributed by atoms with van der Waals surface area (Å²) in [6, 6.07) is 1.17. The molecule has 0 aliphatic carbocycles. The van der Waals surface area contributed by atoms with Gasteiger partial charge in [-0.2, -0.15) is 0 Å². The third-order valence-corrected chi connectivity index (χ3v) is 1.50. The van der Waals surface area contributed by atoms with Crippen LogP contribution in [0.2, 0.25) is 0 Å². The predicted octanol–water partition coefficient (Wildman–Crippen LogP) is 1.36. The van der Waals surface area contributed by atoms with Gasteiger partial charge in [0.2, 0.25) is 5.76 Å². The van der Waals surface area contributed by atoms with Crippen LogP contribution in [0.5, 0.6) is 0 Å². The van der Waals surface area contributed by atoms with E-state index in [1.165, 1.54) is 18.4 Å². The number of carbonyl (C=O) groups is 1. The molecule has 0 N–H and O–H groups in total. The van der Waals surface area contributed by atoms with Gasteiger partial charge in [-0.25, -0.2) is 4.39 Å². The van der Waals surface area contributed by atoms with Crippen molar-refractivity contribution in [3.63, 3.8) is 0 Å². The Bertz CT molecular complexity index is 351. The zero-order chi connectivity index (χ0) is 8.55. The van der Waals surface area contributed by atoms with E-state index < -0.39 is 5.82 Å². The molecule has 1 aromatic heterocycles. The van der Waals surface area contributed by atoms with E-state index in [9.17, 15) is 9.18 Å². The Hall–Kier alpha value is -1.58. The molecule has 0 spiro atoms. The van der Waals surface area contributed by atoms with E-state index in [4.69, 9.17) is 9.15 Å². The second kappa shape index (κ2) is 2.48. The Kier molecular flexibility index (Phi) is 1.46. The molecule has 2 rings (SSSR count). The molecule has 0 amide bonds. The normalized spacial score (nSPS) is 16.1. The van der Waals surface area contributed by atoms with E-state index >= 15 is 0 Å². The van der Waals surface area contributed by atoms with Crippen molar-refractivity contribution in [2.45, 2.75) is 0 Å². The van der Waals surface area contributed by atoms with Crippen molar-refractivity contribution in [2.75, 3.05) is 6.61 Å². The fraction of sp³-hybridized carbons (Fsp3) is 0.125. The zero-order valence-corrected chi connectivity index (χ0v) is 6.04. The van der Waals surface area contributed by atoms with Crippen LogP contribution in [-0.2, 0) is 9.53 Å². The van der Waals surface area contributed by atoms with Gasteiger partial charge in [0.15, 0.2) is 24.0 Å². The summed E-state index contributed by atoms with van der Waals surface area (Å²) in [6.07, 6.45) is 2.43. The van der Waals surface area contributed by atoms with Crippen LogP contribution < -0.4 is 0 Å². The molecule has 0 aromatic carbocycles. The van der Waals surface area contributed by atoms with Crippen LogP contribution in [0, 0.1) is 5.82 Å². The maximum atomic E-state index is 12.8. The molecule has 2 heterocycles. The van der Waals surface area contributed by atoms with Crippen molar-refractivity contribution in [3.05, 3.63) is 30.0 Å². The number of halogens is 1. The highest BCUT2D eigenvalue weighted by Gasteiger charge is 2.20. The van der Waals surface area contributed by atoms with Crippen molar-refractivity contribution in [3.8, 4) is 0 Å². The molecule has 62 valence electrons. The summed E-state index contributed by atoms with van der Waals surface area (Å²) in [5.41, 5.74) is 0. The number of ether oxygens (including phenoxy) is 1. The van der Waals surface area contributed by atoms with Gasteiger partial charge in [-0.05, 0) is 0 Å². The summed E-state index contributed by atoms with van der Waals surface area (Å²) >= 11 is 0. The minimum atomic E-state index is -0.518. The van der Waals surface area contributed by atoms with Crippen molar-refractivity contribution < 1.29 is 18.3 Å². The summed E-state index contributed by atoms with van der Waals surface area (Å²) < 4.78 is 22.4. The Morgan fingerprint density at radius 1 is 1.50 bits per heavy atom. The van der Waals surface area contributed by atoms with Gasteiger partial charge in [0.05, 0.1) is 6.26 Å². The van der Waals surface area contributed by atoms with Gasteiger partial charge in [-0.3, -0.25) is 4.79 Å². The van der Waals surface area contributed by atoms with Crippen molar-refractivity contribution in [1.82, 2.24) is 0 Å². The Balaban J connectivity index is 2.38. The molecule has 1 aliphatic rings. The molecular weight excluding hydrogens is 163 g/mol. The zero-order valence-electron chi connectivity index (χ0n) is 6.04. The standard InChI is InChI=1S/C8H5FO3/c9-6-1-2-11-8(6)7-3-5(10)4-12-7/h1-3H,4H2. The number of carbonyl (C=O) groups excluding carboxylic acids is 1. The lowest BCUT2D eigenvalue weighted by Crippen LogP contribution is -1.93. The van der Waals surface area contributed by atoms with Crippen molar-refractivity contribution >= 4 is 11.5 Å². The average molecular weight is 168 g/mol. The van der Waals surface area contributed by atoms with Crippen LogP contribution in [0.15, 0.2) is 22.8 Å². The molecule has 0 bridgehead atoms. The van der Waals surface area contributed by atoms with Crippen LogP contribution in [0.25, 0.3) is 5.76 Å². The maximum Gasteiger partial charge on any atom is 0.204 e. The summed E-state index contributed by atoms with van der Waals surface area (Å²) in [7, 11) is 0. The highest BCUT2D eigenvalue weighted by Crippen LogP contribution is 2.23. The largest absolute Gasteiger partial charge is 0.481 e. The first-order valence-electron chi connectivity index (χ1n) is 3.38. The van der Waals surface area contributed by atoms with Crippen molar-refractivity contribution in [1.29, 1.82) is 0 Å². The van der Waals surface area contributed by atoms with E-state index in [2.05, 4.69) is 0 Å². The summed E-state index contributed by atoms with van der Waals surface area (Å²) in [6.45, 7) is -0.0323. The Morgan fingerprint density at radius 2 is 2.33 bits per heavy atom. The third kappa shape index (κ3) is 1.01. The minimum Gasteiger partial charge on any atom is -0.481 e. The molecule has 3 nitrogen and oxygen atoms in total. The summed E-state index contributed by atoms with van der Waals surface area (Å²) in [5.74, 6) is -0.542. The Morgan fingerprint density at radius 3 is 2.83 bits per heavy atom. The van der Waals surface area contributed by atoms with E-state index in [1.807, 2.05) is 0 Å². The van der Waals surface area contributed by atoms with Gasteiger partial charge in [0.1, 0.15) is 0 Å². The molecule has 12 heavy (non-hydrogen) atoms. The number of hydrogen-bond donors (Lipinski definition) is 0. The van der Waals surface area contributed by atoms with E-state index in [1.54, 1.807) is 0 Å². The quantitative estimate of drug-likeness (QED) is 0.635. The molecule has 0 fully saturated rings. The molecule has 0 atom stereocenters. The van der Waals surface area contributed by atoms with Gasteiger partial charge in [-0.1, -0.05) is 0 Å². The molecule has 4 heteroatoms. The van der Waals surface area contributed by atoms with Crippen LogP contribution >= 0.6 is 0 Å². The highest BCUT2D eigenvalue weighted by molar-refractivity contribution is 5.99. The average Bonchev–Trinajstić information content (AvgIpc) is 2.58. The molecule has 0 radical (unpaired) electrons. The number of rotatable bonds is 1. The SMILES string of the molecule is O=C1C=C(c2occc2F)OC1. The van der Waals surface area contributed by atoms with Crippen LogP contribution in [0.4, 0.5) is 4.39 Å². The molecule has 1 aliphatic heterocycles. The first-order valence-corrected chi connectivity index (χ1v) is 3.38. The third-order valence-electron chi connectivity index (χ3n) is 1.50. The highest BCUT2D eigenvalue weighted by atomic mass is 19.1. The van der Waals surface area contributed by atoms with E-state index in [0.717, 1.165) is 0 Å². The predicted molar refractivity (Wildman–Crippen MR) is 37.6 cm³/mol. The van der Waals surface area contributed by atoms with Crippen LogP contribution in [0.1, 0.15) is 5.76 Å². The van der Waals surface area contributed by atoms with Gasteiger partial charge < -0.3 is 9.15 Å². The van der Waals surface area contributed by atoms with Crippen LogP contribution in [0.3, 0.4) is 0 Å². The number of hydrogen-bond acceptors (Lipinski definition) is 3. The lowest BCUT2D eigenvalue weighted by atomic mass is 10.3. The number of furan rings is 1. The smallest absolute Gasteiger partial charge is 0.204 e. The van der Waals surface area contributed by atoms with Gasteiger partial charge in [-0.15, -0.1) is 0 Å². The molecule has 1 aromatic rings. The lowest BCUT2D eigenvalue weighted by molar-refractivity contribution is -0.115. The fourth-order valence-electron chi connectivity index (χ4n) is 0.979. The van der Waals surface area contributed by atoms with E-state index in [-0.39, 0.29) is 23.9 Å². The van der Waals surface area contributed by atoms with Gasteiger partial charge in [0.25, 0.3) is 0 Å². The first kappa shape index (κ1) is 7.09. The molecule has 0 unspecified atom stereocenters. The second-order valence-electron chi connectivity index (χ2n) is 2.36. The Labute approximate surface area is 67.4 Å². The van der Waals surface area contributed by atoms with E-state index in [0.29, 0.717) is 0 Å². The maximum absolute atomic E-state index is 12.8. The lowest BCUT2D eigenvalue weighted by Gasteiger charge is -1.96. The first-order chi connectivity index (χ1) is 5.77. The topological polar surface area (TPSA) is 39.4 Å². The number of ketones is 1. The monoisotopic (exact) mass is 168 g/mol. The molecular formula is C8H5FO3. The minimum absolute atomic E-state index is 0.0131. The molecule has 0 saturated heterocycles. The van der Waals surface area contributed by atoms with Crippen LogP contribution in [-0.4, -0.2) is 12.4 Å². The van der Waals surface area contributed by atoms with Gasteiger partial charge >= 0.3 is 0 Å².